The van der Waals surface area contributed by atoms with Crippen LogP contribution in [-0.4, -0.2) is 43.3 Å². The third kappa shape index (κ3) is 7.30. The van der Waals surface area contributed by atoms with Gasteiger partial charge in [0.05, 0.1) is 13.2 Å². The van der Waals surface area contributed by atoms with E-state index in [9.17, 15) is 9.90 Å². The van der Waals surface area contributed by atoms with Crippen LogP contribution in [0.5, 0.6) is 0 Å². The Morgan fingerprint density at radius 3 is 2.33 bits per heavy atom. The standard InChI is InChI=1S/C10H20O5/c1-4-10(12,15-9(3)11)8-14-7-6-13-5-2/h12H,4-8H2,1-3H3. The molecule has 90 valence electrons. The second kappa shape index (κ2) is 7.62. The van der Waals surface area contributed by atoms with Crippen molar-refractivity contribution in [1.29, 1.82) is 0 Å². The molecule has 0 heterocycles. The molecule has 0 aliphatic carbocycles. The van der Waals surface area contributed by atoms with E-state index in [2.05, 4.69) is 0 Å². The molecule has 0 aromatic carbocycles. The smallest absolute Gasteiger partial charge is 0.305 e. The van der Waals surface area contributed by atoms with E-state index in [-0.39, 0.29) is 6.61 Å². The van der Waals surface area contributed by atoms with Crippen LogP contribution in [0.25, 0.3) is 0 Å². The average Bonchev–Trinajstić information content (AvgIpc) is 2.16. The number of rotatable bonds is 8. The summed E-state index contributed by atoms with van der Waals surface area (Å²) in [5.41, 5.74) is 0. The van der Waals surface area contributed by atoms with Crippen molar-refractivity contribution in [1.82, 2.24) is 0 Å². The van der Waals surface area contributed by atoms with Crippen LogP contribution in [0.1, 0.15) is 27.2 Å². The quantitative estimate of drug-likeness (QED) is 0.370. The van der Waals surface area contributed by atoms with Gasteiger partial charge in [0, 0.05) is 20.0 Å². The number of hydrogen-bond donors (Lipinski definition) is 1. The molecule has 0 aromatic rings. The molecule has 15 heavy (non-hydrogen) atoms. The highest BCUT2D eigenvalue weighted by atomic mass is 16.7. The van der Waals surface area contributed by atoms with Gasteiger partial charge in [-0.15, -0.1) is 0 Å². The Hall–Kier alpha value is -0.650. The van der Waals surface area contributed by atoms with Crippen molar-refractivity contribution in [2.75, 3.05) is 26.4 Å². The first-order valence-corrected chi connectivity index (χ1v) is 5.11. The lowest BCUT2D eigenvalue weighted by molar-refractivity contribution is -0.229. The van der Waals surface area contributed by atoms with E-state index in [1.807, 2.05) is 6.92 Å². The Bertz CT molecular complexity index is 183. The van der Waals surface area contributed by atoms with Crippen LogP contribution in [-0.2, 0) is 19.0 Å². The lowest BCUT2D eigenvalue weighted by Gasteiger charge is -2.25. The SMILES string of the molecule is CCOCCOCC(O)(CC)OC(C)=O. The van der Waals surface area contributed by atoms with Gasteiger partial charge in [0.15, 0.2) is 0 Å². The number of esters is 1. The third-order valence-electron chi connectivity index (χ3n) is 1.79. The Labute approximate surface area is 90.3 Å². The average molecular weight is 220 g/mol. The molecule has 0 spiro atoms. The molecular formula is C10H20O5. The summed E-state index contributed by atoms with van der Waals surface area (Å²) in [6, 6.07) is 0. The molecule has 0 saturated heterocycles. The molecule has 0 radical (unpaired) electrons. The lowest BCUT2D eigenvalue weighted by atomic mass is 10.2. The zero-order valence-corrected chi connectivity index (χ0v) is 9.62. The minimum absolute atomic E-state index is 0.0316. The summed E-state index contributed by atoms with van der Waals surface area (Å²) in [6.07, 6.45) is 0.293. The predicted octanol–water partition coefficient (Wildman–Crippen LogP) is 0.701. The van der Waals surface area contributed by atoms with Crippen molar-refractivity contribution in [3.63, 3.8) is 0 Å². The Morgan fingerprint density at radius 2 is 1.87 bits per heavy atom. The van der Waals surface area contributed by atoms with Gasteiger partial charge in [0.2, 0.25) is 5.79 Å². The Morgan fingerprint density at radius 1 is 1.27 bits per heavy atom. The highest BCUT2D eigenvalue weighted by molar-refractivity contribution is 5.66. The van der Waals surface area contributed by atoms with E-state index in [0.717, 1.165) is 0 Å². The van der Waals surface area contributed by atoms with Crippen LogP contribution < -0.4 is 0 Å². The molecule has 0 rings (SSSR count). The summed E-state index contributed by atoms with van der Waals surface area (Å²) < 4.78 is 14.9. The Balaban J connectivity index is 3.73. The molecule has 0 saturated carbocycles. The van der Waals surface area contributed by atoms with E-state index >= 15 is 0 Å². The van der Waals surface area contributed by atoms with Gasteiger partial charge in [-0.25, -0.2) is 0 Å². The van der Waals surface area contributed by atoms with Crippen LogP contribution in [0.2, 0.25) is 0 Å². The largest absolute Gasteiger partial charge is 0.431 e. The molecule has 0 fully saturated rings. The number of hydrogen-bond acceptors (Lipinski definition) is 5. The van der Waals surface area contributed by atoms with Crippen molar-refractivity contribution < 1.29 is 24.1 Å². The van der Waals surface area contributed by atoms with E-state index in [1.165, 1.54) is 6.92 Å². The zero-order chi connectivity index (χ0) is 11.7. The van der Waals surface area contributed by atoms with Crippen molar-refractivity contribution in [2.45, 2.75) is 33.0 Å². The molecule has 0 bridgehead atoms. The van der Waals surface area contributed by atoms with Gasteiger partial charge in [-0.05, 0) is 6.92 Å². The van der Waals surface area contributed by atoms with Crippen LogP contribution in [0.3, 0.4) is 0 Å². The molecule has 0 amide bonds. The first-order valence-electron chi connectivity index (χ1n) is 5.11. The maximum absolute atomic E-state index is 10.7. The predicted molar refractivity (Wildman–Crippen MR) is 54.3 cm³/mol. The van der Waals surface area contributed by atoms with Gasteiger partial charge >= 0.3 is 5.97 Å². The van der Waals surface area contributed by atoms with Crippen LogP contribution >= 0.6 is 0 Å². The van der Waals surface area contributed by atoms with Gasteiger partial charge in [0.25, 0.3) is 0 Å². The minimum Gasteiger partial charge on any atom is -0.431 e. The highest BCUT2D eigenvalue weighted by Gasteiger charge is 2.28. The number of carbonyl (C=O) groups excluding carboxylic acids is 1. The maximum Gasteiger partial charge on any atom is 0.305 e. The molecule has 1 N–H and O–H groups in total. The molecule has 1 unspecified atom stereocenters. The normalized spacial score (nSPS) is 14.7. The maximum atomic E-state index is 10.7. The second-order valence-corrected chi connectivity index (χ2v) is 3.14. The summed E-state index contributed by atoms with van der Waals surface area (Å²) in [4.78, 5) is 10.7. The second-order valence-electron chi connectivity index (χ2n) is 3.14. The molecule has 5 heteroatoms. The third-order valence-corrected chi connectivity index (χ3v) is 1.79. The fraction of sp³-hybridized carbons (Fsp3) is 0.900. The van der Waals surface area contributed by atoms with E-state index in [4.69, 9.17) is 14.2 Å². The van der Waals surface area contributed by atoms with Crippen molar-refractivity contribution in [3.8, 4) is 0 Å². The molecule has 0 aliphatic heterocycles. The highest BCUT2D eigenvalue weighted by Crippen LogP contribution is 2.12. The first kappa shape index (κ1) is 14.3. The monoisotopic (exact) mass is 220 g/mol. The minimum atomic E-state index is -1.52. The van der Waals surface area contributed by atoms with Crippen molar-refractivity contribution >= 4 is 5.97 Å². The fourth-order valence-corrected chi connectivity index (χ4v) is 0.965. The summed E-state index contributed by atoms with van der Waals surface area (Å²) in [5, 5.41) is 9.74. The first-order chi connectivity index (χ1) is 7.04. The van der Waals surface area contributed by atoms with E-state index in [1.54, 1.807) is 6.92 Å². The molecule has 0 aromatic heterocycles. The summed E-state index contributed by atoms with van der Waals surface area (Å²) >= 11 is 0. The zero-order valence-electron chi connectivity index (χ0n) is 9.62. The topological polar surface area (TPSA) is 65.0 Å². The summed E-state index contributed by atoms with van der Waals surface area (Å²) in [7, 11) is 0. The van der Waals surface area contributed by atoms with Gasteiger partial charge in [-0.2, -0.15) is 0 Å². The van der Waals surface area contributed by atoms with Crippen LogP contribution in [0, 0.1) is 0 Å². The van der Waals surface area contributed by atoms with Gasteiger partial charge in [0.1, 0.15) is 6.61 Å². The van der Waals surface area contributed by atoms with E-state index in [0.29, 0.717) is 26.2 Å². The van der Waals surface area contributed by atoms with Gasteiger partial charge in [-0.3, -0.25) is 4.79 Å². The molecular weight excluding hydrogens is 200 g/mol. The summed E-state index contributed by atoms with van der Waals surface area (Å²) in [6.45, 7) is 6.30. The van der Waals surface area contributed by atoms with E-state index < -0.39 is 11.8 Å². The lowest BCUT2D eigenvalue weighted by Crippen LogP contribution is -2.39. The number of ether oxygens (including phenoxy) is 3. The summed E-state index contributed by atoms with van der Waals surface area (Å²) in [5.74, 6) is -2.04. The van der Waals surface area contributed by atoms with Crippen molar-refractivity contribution in [3.05, 3.63) is 0 Å². The Kier molecular flexibility index (Phi) is 7.29. The molecule has 1 atom stereocenters. The van der Waals surface area contributed by atoms with Crippen LogP contribution in [0.4, 0.5) is 0 Å². The van der Waals surface area contributed by atoms with Crippen LogP contribution in [0.15, 0.2) is 0 Å². The van der Waals surface area contributed by atoms with Gasteiger partial charge in [-0.1, -0.05) is 6.92 Å². The molecule has 0 aliphatic rings. The number of carbonyl (C=O) groups is 1. The fourth-order valence-electron chi connectivity index (χ4n) is 0.965. The number of aliphatic hydroxyl groups is 1. The van der Waals surface area contributed by atoms with Crippen molar-refractivity contribution in [2.24, 2.45) is 0 Å². The van der Waals surface area contributed by atoms with Gasteiger partial charge < -0.3 is 19.3 Å². The molecule has 5 nitrogen and oxygen atoms in total.